The second-order valence-electron chi connectivity index (χ2n) is 6.07. The van der Waals surface area contributed by atoms with E-state index in [4.69, 9.17) is 4.74 Å². The van der Waals surface area contributed by atoms with Crippen molar-refractivity contribution >= 4 is 23.5 Å². The predicted molar refractivity (Wildman–Crippen MR) is 109 cm³/mol. The molecule has 0 saturated carbocycles. The van der Waals surface area contributed by atoms with Crippen molar-refractivity contribution in [3.05, 3.63) is 65.5 Å². The summed E-state index contributed by atoms with van der Waals surface area (Å²) in [5.74, 6) is 3.55. The Bertz CT molecular complexity index is 847. The van der Waals surface area contributed by atoms with E-state index in [9.17, 15) is 0 Å². The van der Waals surface area contributed by atoms with E-state index in [0.29, 0.717) is 6.61 Å². The van der Waals surface area contributed by atoms with Crippen molar-refractivity contribution in [3.63, 3.8) is 0 Å². The van der Waals surface area contributed by atoms with Crippen molar-refractivity contribution < 1.29 is 4.74 Å². The van der Waals surface area contributed by atoms with Gasteiger partial charge in [0, 0.05) is 17.7 Å². The van der Waals surface area contributed by atoms with E-state index in [2.05, 4.69) is 58.9 Å². The van der Waals surface area contributed by atoms with Gasteiger partial charge in [-0.3, -0.25) is 0 Å². The molecular weight excluding hydrogens is 362 g/mol. The van der Waals surface area contributed by atoms with E-state index >= 15 is 0 Å². The maximum absolute atomic E-state index is 5.79. The number of benzene rings is 2. The van der Waals surface area contributed by atoms with Gasteiger partial charge in [0.05, 0.1) is 12.4 Å². The molecule has 4 nitrogen and oxygen atoms in total. The van der Waals surface area contributed by atoms with Crippen LogP contribution in [0.5, 0.6) is 5.75 Å². The van der Waals surface area contributed by atoms with Crippen LogP contribution in [0.2, 0.25) is 0 Å². The van der Waals surface area contributed by atoms with Crippen molar-refractivity contribution in [1.29, 1.82) is 0 Å². The monoisotopic (exact) mass is 385 g/mol. The minimum atomic E-state index is 0.647. The second-order valence-corrected chi connectivity index (χ2v) is 8.18. The van der Waals surface area contributed by atoms with Crippen molar-refractivity contribution in [3.8, 4) is 5.75 Å². The molecule has 6 heteroatoms. The lowest BCUT2D eigenvalue weighted by Gasteiger charge is -2.07. The van der Waals surface area contributed by atoms with Crippen LogP contribution in [0.25, 0.3) is 0 Å². The van der Waals surface area contributed by atoms with Gasteiger partial charge in [0.2, 0.25) is 0 Å². The maximum Gasteiger partial charge on any atom is 0.191 e. The number of rotatable bonds is 8. The number of aromatic nitrogens is 3. The minimum Gasteiger partial charge on any atom is -0.493 e. The van der Waals surface area contributed by atoms with E-state index in [1.165, 1.54) is 16.0 Å². The SMILES string of the molecule is Cc1ccc(SCc2nnc(SCCOc3cccc(C)c3)n2C)cc1. The quantitative estimate of drug-likeness (QED) is 0.408. The zero-order valence-corrected chi connectivity index (χ0v) is 16.9. The minimum absolute atomic E-state index is 0.647. The van der Waals surface area contributed by atoms with Crippen LogP contribution in [0, 0.1) is 13.8 Å². The molecule has 3 aromatic rings. The van der Waals surface area contributed by atoms with Gasteiger partial charge in [0.25, 0.3) is 0 Å². The molecule has 0 aliphatic carbocycles. The molecule has 0 aliphatic heterocycles. The normalized spacial score (nSPS) is 10.9. The number of hydrogen-bond donors (Lipinski definition) is 0. The van der Waals surface area contributed by atoms with E-state index in [-0.39, 0.29) is 0 Å². The molecule has 1 heterocycles. The van der Waals surface area contributed by atoms with Gasteiger partial charge in [-0.05, 0) is 43.7 Å². The lowest BCUT2D eigenvalue weighted by Crippen LogP contribution is -2.02. The Hall–Kier alpha value is -1.92. The number of nitrogens with zero attached hydrogens (tertiary/aromatic N) is 3. The molecule has 0 fully saturated rings. The summed E-state index contributed by atoms with van der Waals surface area (Å²) in [4.78, 5) is 1.25. The summed E-state index contributed by atoms with van der Waals surface area (Å²) in [5.41, 5.74) is 2.48. The van der Waals surface area contributed by atoms with E-state index in [1.807, 2.05) is 25.2 Å². The zero-order valence-electron chi connectivity index (χ0n) is 15.3. The summed E-state index contributed by atoms with van der Waals surface area (Å²) in [5, 5.41) is 9.56. The van der Waals surface area contributed by atoms with Gasteiger partial charge >= 0.3 is 0 Å². The predicted octanol–water partition coefficient (Wildman–Crippen LogP) is 4.90. The Morgan fingerprint density at radius 1 is 0.962 bits per heavy atom. The molecule has 0 saturated heterocycles. The first-order chi connectivity index (χ1) is 12.6. The molecule has 0 amide bonds. The lowest BCUT2D eigenvalue weighted by atomic mass is 10.2. The van der Waals surface area contributed by atoms with Gasteiger partial charge in [-0.15, -0.1) is 22.0 Å². The molecule has 0 bridgehead atoms. The van der Waals surface area contributed by atoms with Crippen molar-refractivity contribution in [2.24, 2.45) is 7.05 Å². The second kappa shape index (κ2) is 9.14. The fourth-order valence-electron chi connectivity index (χ4n) is 2.38. The smallest absolute Gasteiger partial charge is 0.191 e. The first-order valence-electron chi connectivity index (χ1n) is 8.52. The average molecular weight is 386 g/mol. The first-order valence-corrected chi connectivity index (χ1v) is 10.5. The number of aryl methyl sites for hydroxylation is 2. The Kier molecular flexibility index (Phi) is 6.63. The standard InChI is InChI=1S/C20H23N3OS2/c1-15-7-9-18(10-8-15)26-14-19-21-22-20(23(19)3)25-12-11-24-17-6-4-5-16(2)13-17/h4-10,13H,11-12,14H2,1-3H3. The van der Waals surface area contributed by atoms with E-state index < -0.39 is 0 Å². The summed E-state index contributed by atoms with van der Waals surface area (Å²) in [6, 6.07) is 16.7. The number of ether oxygens (including phenoxy) is 1. The van der Waals surface area contributed by atoms with Gasteiger partial charge < -0.3 is 9.30 Å². The summed E-state index contributed by atoms with van der Waals surface area (Å²) in [7, 11) is 2.02. The summed E-state index contributed by atoms with van der Waals surface area (Å²) < 4.78 is 7.86. The molecule has 26 heavy (non-hydrogen) atoms. The molecule has 136 valence electrons. The third-order valence-electron chi connectivity index (χ3n) is 3.89. The third-order valence-corrected chi connectivity index (χ3v) is 5.88. The molecule has 0 radical (unpaired) electrons. The Balaban J connectivity index is 1.46. The highest BCUT2D eigenvalue weighted by Crippen LogP contribution is 2.24. The van der Waals surface area contributed by atoms with Crippen LogP contribution < -0.4 is 4.74 Å². The fraction of sp³-hybridized carbons (Fsp3) is 0.300. The van der Waals surface area contributed by atoms with Crippen LogP contribution in [-0.2, 0) is 12.8 Å². The molecule has 1 aromatic heterocycles. The summed E-state index contributed by atoms with van der Waals surface area (Å²) in [6.07, 6.45) is 0. The highest BCUT2D eigenvalue weighted by Gasteiger charge is 2.09. The van der Waals surface area contributed by atoms with Crippen LogP contribution in [0.3, 0.4) is 0 Å². The molecule has 2 aromatic carbocycles. The van der Waals surface area contributed by atoms with Crippen molar-refractivity contribution in [2.45, 2.75) is 29.7 Å². The van der Waals surface area contributed by atoms with E-state index in [1.54, 1.807) is 23.5 Å². The molecule has 0 atom stereocenters. The van der Waals surface area contributed by atoms with Crippen LogP contribution in [-0.4, -0.2) is 27.1 Å². The molecular formula is C20H23N3OS2. The highest BCUT2D eigenvalue weighted by atomic mass is 32.2. The molecule has 3 rings (SSSR count). The van der Waals surface area contributed by atoms with Crippen molar-refractivity contribution in [2.75, 3.05) is 12.4 Å². The number of hydrogen-bond acceptors (Lipinski definition) is 5. The third kappa shape index (κ3) is 5.29. The maximum atomic E-state index is 5.79. The van der Waals surface area contributed by atoms with E-state index in [0.717, 1.165) is 28.2 Å². The van der Waals surface area contributed by atoms with Gasteiger partial charge in [-0.25, -0.2) is 0 Å². The topological polar surface area (TPSA) is 39.9 Å². The Labute approximate surface area is 163 Å². The van der Waals surface area contributed by atoms with Crippen LogP contribution in [0.15, 0.2) is 58.6 Å². The highest BCUT2D eigenvalue weighted by molar-refractivity contribution is 7.99. The van der Waals surface area contributed by atoms with Gasteiger partial charge in [-0.1, -0.05) is 41.6 Å². The Morgan fingerprint density at radius 3 is 2.54 bits per heavy atom. The number of thioether (sulfide) groups is 2. The van der Waals surface area contributed by atoms with Gasteiger partial charge in [-0.2, -0.15) is 0 Å². The molecule has 0 aliphatic rings. The van der Waals surface area contributed by atoms with Gasteiger partial charge in [0.1, 0.15) is 11.6 Å². The summed E-state index contributed by atoms with van der Waals surface area (Å²) in [6.45, 7) is 4.81. The first kappa shape index (κ1) is 18.9. The molecule has 0 spiro atoms. The lowest BCUT2D eigenvalue weighted by molar-refractivity contribution is 0.343. The van der Waals surface area contributed by atoms with Crippen LogP contribution in [0.1, 0.15) is 17.0 Å². The average Bonchev–Trinajstić information content (AvgIpc) is 2.98. The van der Waals surface area contributed by atoms with Crippen molar-refractivity contribution in [1.82, 2.24) is 14.8 Å². The largest absolute Gasteiger partial charge is 0.493 e. The Morgan fingerprint density at radius 2 is 1.77 bits per heavy atom. The molecule has 0 unspecified atom stereocenters. The molecule has 0 N–H and O–H groups in total. The van der Waals surface area contributed by atoms with Crippen LogP contribution >= 0.6 is 23.5 Å². The fourth-order valence-corrected chi connectivity index (χ4v) is 4.00. The van der Waals surface area contributed by atoms with Gasteiger partial charge in [0.15, 0.2) is 5.16 Å². The zero-order chi connectivity index (χ0) is 18.4. The van der Waals surface area contributed by atoms with Crippen LogP contribution in [0.4, 0.5) is 0 Å². The summed E-state index contributed by atoms with van der Waals surface area (Å²) >= 11 is 3.45.